The molecule has 0 radical (unpaired) electrons. The molecule has 0 bridgehead atoms. The van der Waals surface area contributed by atoms with Crippen molar-refractivity contribution >= 4 is 27.7 Å². The molecule has 0 atom stereocenters. The molecule has 2 aliphatic rings. The van der Waals surface area contributed by atoms with Gasteiger partial charge >= 0.3 is 0 Å². The Morgan fingerprint density at radius 1 is 1.20 bits per heavy atom. The molecule has 0 aliphatic carbocycles. The first kappa shape index (κ1) is 18.7. The molecule has 0 spiro atoms. The Morgan fingerprint density at radius 2 is 1.84 bits per heavy atom. The molecular formula is C16H25N3O4S2. The van der Waals surface area contributed by atoms with Gasteiger partial charge in [0.25, 0.3) is 0 Å². The third-order valence-corrected chi connectivity index (χ3v) is 8.15. The van der Waals surface area contributed by atoms with Gasteiger partial charge in [0, 0.05) is 25.0 Å². The molecule has 1 aromatic heterocycles. The van der Waals surface area contributed by atoms with E-state index in [-0.39, 0.29) is 22.8 Å². The second-order valence-corrected chi connectivity index (χ2v) is 9.83. The zero-order valence-electron chi connectivity index (χ0n) is 14.7. The molecule has 7 nitrogen and oxygen atoms in total. The highest BCUT2D eigenvalue weighted by Crippen LogP contribution is 2.28. The SMILES string of the molecule is Cc1noc(C)c1S(=O)(=O)N1CCC(C(=O)NC2CCSCC2)CC1. The van der Waals surface area contributed by atoms with Crippen LogP contribution in [0.5, 0.6) is 0 Å². The zero-order valence-corrected chi connectivity index (χ0v) is 16.3. The minimum atomic E-state index is -3.61. The molecule has 1 amide bonds. The first-order valence-corrected chi connectivity index (χ1v) is 11.3. The highest BCUT2D eigenvalue weighted by atomic mass is 32.2. The van der Waals surface area contributed by atoms with Crippen molar-refractivity contribution in [3.05, 3.63) is 11.5 Å². The molecule has 2 saturated heterocycles. The Morgan fingerprint density at radius 3 is 2.40 bits per heavy atom. The molecule has 0 saturated carbocycles. The minimum Gasteiger partial charge on any atom is -0.360 e. The number of aryl methyl sites for hydroxylation is 2. The highest BCUT2D eigenvalue weighted by Gasteiger charge is 2.35. The molecule has 9 heteroatoms. The van der Waals surface area contributed by atoms with Crippen molar-refractivity contribution in [2.45, 2.75) is 50.5 Å². The van der Waals surface area contributed by atoms with Gasteiger partial charge < -0.3 is 9.84 Å². The van der Waals surface area contributed by atoms with Crippen molar-refractivity contribution in [1.29, 1.82) is 0 Å². The van der Waals surface area contributed by atoms with Gasteiger partial charge in [0.15, 0.2) is 5.76 Å². The molecule has 25 heavy (non-hydrogen) atoms. The van der Waals surface area contributed by atoms with E-state index < -0.39 is 10.0 Å². The van der Waals surface area contributed by atoms with E-state index >= 15 is 0 Å². The van der Waals surface area contributed by atoms with Gasteiger partial charge in [0.1, 0.15) is 10.6 Å². The maximum Gasteiger partial charge on any atom is 0.248 e. The Labute approximate surface area is 152 Å². The topological polar surface area (TPSA) is 92.5 Å². The van der Waals surface area contributed by atoms with Gasteiger partial charge in [-0.3, -0.25) is 4.79 Å². The van der Waals surface area contributed by atoms with Crippen LogP contribution in [-0.4, -0.2) is 54.4 Å². The number of aromatic nitrogens is 1. The smallest absolute Gasteiger partial charge is 0.248 e. The fourth-order valence-electron chi connectivity index (χ4n) is 3.49. The van der Waals surface area contributed by atoms with Gasteiger partial charge in [0.2, 0.25) is 15.9 Å². The van der Waals surface area contributed by atoms with Gasteiger partial charge in [-0.15, -0.1) is 0 Å². The van der Waals surface area contributed by atoms with Crippen molar-refractivity contribution in [1.82, 2.24) is 14.8 Å². The fourth-order valence-corrected chi connectivity index (χ4v) is 6.36. The molecule has 1 N–H and O–H groups in total. The van der Waals surface area contributed by atoms with E-state index in [2.05, 4.69) is 10.5 Å². The van der Waals surface area contributed by atoms with E-state index in [1.165, 1.54) is 4.31 Å². The van der Waals surface area contributed by atoms with Crippen LogP contribution in [0.15, 0.2) is 9.42 Å². The van der Waals surface area contributed by atoms with Gasteiger partial charge in [-0.1, -0.05) is 5.16 Å². The van der Waals surface area contributed by atoms with E-state index in [1.54, 1.807) is 13.8 Å². The highest BCUT2D eigenvalue weighted by molar-refractivity contribution is 7.99. The maximum absolute atomic E-state index is 12.8. The van der Waals surface area contributed by atoms with Crippen molar-refractivity contribution in [2.75, 3.05) is 24.6 Å². The predicted molar refractivity (Wildman–Crippen MR) is 95.9 cm³/mol. The normalized spacial score (nSPS) is 21.4. The molecule has 140 valence electrons. The largest absolute Gasteiger partial charge is 0.360 e. The summed E-state index contributed by atoms with van der Waals surface area (Å²) in [6.07, 6.45) is 3.15. The molecule has 1 aromatic rings. The van der Waals surface area contributed by atoms with Crippen LogP contribution in [0.2, 0.25) is 0 Å². The van der Waals surface area contributed by atoms with E-state index in [0.29, 0.717) is 37.4 Å². The summed E-state index contributed by atoms with van der Waals surface area (Å²) in [6, 6.07) is 0.276. The maximum atomic E-state index is 12.8. The summed E-state index contributed by atoms with van der Waals surface area (Å²) in [6.45, 7) is 3.94. The number of sulfonamides is 1. The number of carbonyl (C=O) groups is 1. The Kier molecular flexibility index (Phi) is 5.75. The lowest BCUT2D eigenvalue weighted by atomic mass is 9.96. The zero-order chi connectivity index (χ0) is 18.0. The minimum absolute atomic E-state index is 0.0753. The summed E-state index contributed by atoms with van der Waals surface area (Å²) in [7, 11) is -3.61. The van der Waals surface area contributed by atoms with E-state index in [1.807, 2.05) is 11.8 Å². The van der Waals surface area contributed by atoms with Gasteiger partial charge in [-0.05, 0) is 51.0 Å². The monoisotopic (exact) mass is 387 g/mol. The summed E-state index contributed by atoms with van der Waals surface area (Å²) < 4.78 is 32.1. The number of nitrogens with zero attached hydrogens (tertiary/aromatic N) is 2. The molecule has 0 unspecified atom stereocenters. The summed E-state index contributed by atoms with van der Waals surface area (Å²) in [5.41, 5.74) is 0.382. The van der Waals surface area contributed by atoms with Crippen molar-refractivity contribution in [3.63, 3.8) is 0 Å². The summed E-state index contributed by atoms with van der Waals surface area (Å²) in [5.74, 6) is 2.47. The molecule has 3 heterocycles. The molecular weight excluding hydrogens is 362 g/mol. The number of rotatable bonds is 4. The first-order valence-electron chi connectivity index (χ1n) is 8.70. The third-order valence-electron chi connectivity index (χ3n) is 4.96. The van der Waals surface area contributed by atoms with Crippen LogP contribution < -0.4 is 5.32 Å². The predicted octanol–water partition coefficient (Wildman–Crippen LogP) is 1.70. The van der Waals surface area contributed by atoms with Crippen LogP contribution in [-0.2, 0) is 14.8 Å². The summed E-state index contributed by atoms with van der Waals surface area (Å²) in [5, 5.41) is 6.88. The summed E-state index contributed by atoms with van der Waals surface area (Å²) in [4.78, 5) is 12.6. The van der Waals surface area contributed by atoms with E-state index in [4.69, 9.17) is 4.52 Å². The van der Waals surface area contributed by atoms with Crippen LogP contribution in [0.25, 0.3) is 0 Å². The standard InChI is InChI=1S/C16H25N3O4S2/c1-11-15(12(2)23-18-11)25(21,22)19-7-3-13(4-8-19)16(20)17-14-5-9-24-10-6-14/h13-14H,3-10H2,1-2H3,(H,17,20). The van der Waals surface area contributed by atoms with Gasteiger partial charge in [-0.2, -0.15) is 16.1 Å². The molecule has 2 fully saturated rings. The van der Waals surface area contributed by atoms with E-state index in [9.17, 15) is 13.2 Å². The van der Waals surface area contributed by atoms with Crippen LogP contribution in [0, 0.1) is 19.8 Å². The number of hydrogen-bond acceptors (Lipinski definition) is 6. The van der Waals surface area contributed by atoms with Crippen LogP contribution in [0.1, 0.15) is 37.1 Å². The van der Waals surface area contributed by atoms with Crippen LogP contribution in [0.4, 0.5) is 0 Å². The average molecular weight is 388 g/mol. The van der Waals surface area contributed by atoms with Crippen molar-refractivity contribution in [2.24, 2.45) is 5.92 Å². The Balaban J connectivity index is 1.59. The lowest BCUT2D eigenvalue weighted by Crippen LogP contribution is -2.46. The Bertz CT molecular complexity index is 698. The lowest BCUT2D eigenvalue weighted by Gasteiger charge is -2.32. The number of carbonyl (C=O) groups excluding carboxylic acids is 1. The van der Waals surface area contributed by atoms with Crippen molar-refractivity contribution in [3.8, 4) is 0 Å². The number of thioether (sulfide) groups is 1. The quantitative estimate of drug-likeness (QED) is 0.845. The van der Waals surface area contributed by atoms with Gasteiger partial charge in [0.05, 0.1) is 0 Å². The third kappa shape index (κ3) is 4.03. The fraction of sp³-hybridized carbons (Fsp3) is 0.750. The second-order valence-electron chi connectivity index (χ2n) is 6.73. The number of piperidine rings is 1. The van der Waals surface area contributed by atoms with Gasteiger partial charge in [-0.25, -0.2) is 8.42 Å². The average Bonchev–Trinajstić information content (AvgIpc) is 2.95. The number of nitrogens with one attached hydrogen (secondary N) is 1. The van der Waals surface area contributed by atoms with E-state index in [0.717, 1.165) is 24.3 Å². The lowest BCUT2D eigenvalue weighted by molar-refractivity contribution is -0.126. The first-order chi connectivity index (χ1) is 11.9. The number of hydrogen-bond donors (Lipinski definition) is 1. The van der Waals surface area contributed by atoms with Crippen LogP contribution in [0.3, 0.4) is 0 Å². The molecule has 2 aliphatic heterocycles. The Hall–Kier alpha value is -1.06. The number of amides is 1. The summed E-state index contributed by atoms with van der Waals surface area (Å²) >= 11 is 1.93. The molecule has 0 aromatic carbocycles. The van der Waals surface area contributed by atoms with Crippen molar-refractivity contribution < 1.29 is 17.7 Å². The molecule has 3 rings (SSSR count). The van der Waals surface area contributed by atoms with Crippen LogP contribution >= 0.6 is 11.8 Å². The second kappa shape index (κ2) is 7.67.